The Balaban J connectivity index is 2.03. The second-order valence-corrected chi connectivity index (χ2v) is 5.33. The molecule has 0 atom stereocenters. The van der Waals surface area contributed by atoms with Gasteiger partial charge in [-0.25, -0.2) is 4.39 Å². The van der Waals surface area contributed by atoms with Gasteiger partial charge in [0.25, 0.3) is 5.91 Å². The van der Waals surface area contributed by atoms with Crippen molar-refractivity contribution in [3.8, 4) is 0 Å². The normalized spacial score (nSPS) is 19.5. The molecule has 0 spiro atoms. The zero-order valence-corrected chi connectivity index (χ0v) is 10.9. The van der Waals surface area contributed by atoms with Crippen LogP contribution in [0.1, 0.15) is 30.1 Å². The van der Waals surface area contributed by atoms with E-state index in [2.05, 4.69) is 24.2 Å². The molecule has 2 rings (SSSR count). The molecule has 1 aliphatic heterocycles. The summed E-state index contributed by atoms with van der Waals surface area (Å²) < 4.78 is 13.1. The Labute approximate surface area is 107 Å². The van der Waals surface area contributed by atoms with Gasteiger partial charge in [-0.3, -0.25) is 4.79 Å². The summed E-state index contributed by atoms with van der Waals surface area (Å²) >= 11 is 0. The zero-order valence-electron chi connectivity index (χ0n) is 10.9. The number of likely N-dealkylation sites (tertiary alicyclic amines) is 1. The van der Waals surface area contributed by atoms with E-state index < -0.39 is 0 Å². The van der Waals surface area contributed by atoms with Gasteiger partial charge in [-0.05, 0) is 45.0 Å². The van der Waals surface area contributed by atoms with Crippen molar-refractivity contribution in [2.75, 3.05) is 20.1 Å². The monoisotopic (exact) mass is 250 g/mol. The van der Waals surface area contributed by atoms with Crippen molar-refractivity contribution < 1.29 is 9.18 Å². The smallest absolute Gasteiger partial charge is 0.251 e. The van der Waals surface area contributed by atoms with E-state index in [-0.39, 0.29) is 17.3 Å². The minimum atomic E-state index is -0.379. The molecule has 3 nitrogen and oxygen atoms in total. The second kappa shape index (κ2) is 5.06. The highest BCUT2D eigenvalue weighted by molar-refractivity contribution is 5.94. The second-order valence-electron chi connectivity index (χ2n) is 5.33. The molecule has 18 heavy (non-hydrogen) atoms. The van der Waals surface area contributed by atoms with Crippen LogP contribution in [-0.2, 0) is 0 Å². The largest absolute Gasteiger partial charge is 0.347 e. The molecule has 1 amide bonds. The third kappa shape index (κ3) is 3.07. The van der Waals surface area contributed by atoms with E-state index in [0.29, 0.717) is 5.56 Å². The number of halogens is 1. The molecular formula is C14H19FN2O. The molecule has 0 saturated carbocycles. The fourth-order valence-electron chi connectivity index (χ4n) is 2.21. The fraction of sp³-hybridized carbons (Fsp3) is 0.500. The fourth-order valence-corrected chi connectivity index (χ4v) is 2.21. The van der Waals surface area contributed by atoms with Gasteiger partial charge in [0.2, 0.25) is 0 Å². The van der Waals surface area contributed by atoms with E-state index in [1.165, 1.54) is 12.1 Å². The number of benzene rings is 1. The quantitative estimate of drug-likeness (QED) is 0.871. The minimum absolute atomic E-state index is 0.185. The summed E-state index contributed by atoms with van der Waals surface area (Å²) in [6.07, 6.45) is 1.84. The Morgan fingerprint density at radius 3 is 2.67 bits per heavy atom. The molecule has 1 N–H and O–H groups in total. The van der Waals surface area contributed by atoms with E-state index in [1.807, 2.05) is 0 Å². The van der Waals surface area contributed by atoms with E-state index in [1.54, 1.807) is 12.1 Å². The minimum Gasteiger partial charge on any atom is -0.347 e. The van der Waals surface area contributed by atoms with Crippen LogP contribution >= 0.6 is 0 Å². The number of carbonyl (C=O) groups excluding carboxylic acids is 1. The molecule has 0 unspecified atom stereocenters. The first kappa shape index (κ1) is 13.0. The maximum absolute atomic E-state index is 13.1. The van der Waals surface area contributed by atoms with E-state index in [4.69, 9.17) is 0 Å². The number of hydrogen-bond acceptors (Lipinski definition) is 2. The molecule has 98 valence electrons. The average molecular weight is 250 g/mol. The van der Waals surface area contributed by atoms with Crippen LogP contribution in [0.15, 0.2) is 24.3 Å². The van der Waals surface area contributed by atoms with Gasteiger partial charge in [-0.1, -0.05) is 6.07 Å². The number of amides is 1. The summed E-state index contributed by atoms with van der Waals surface area (Å²) in [6, 6.07) is 5.81. The first-order valence-corrected chi connectivity index (χ1v) is 6.25. The lowest BCUT2D eigenvalue weighted by atomic mass is 9.89. The van der Waals surface area contributed by atoms with Crippen LogP contribution in [0, 0.1) is 5.82 Å². The molecule has 1 aliphatic rings. The summed E-state index contributed by atoms with van der Waals surface area (Å²) in [5.41, 5.74) is 0.200. The molecule has 1 saturated heterocycles. The first-order valence-electron chi connectivity index (χ1n) is 6.25. The molecule has 1 fully saturated rings. The molecular weight excluding hydrogens is 231 g/mol. The van der Waals surface area contributed by atoms with Crippen LogP contribution in [0.4, 0.5) is 4.39 Å². The van der Waals surface area contributed by atoms with Crippen LogP contribution in [0.2, 0.25) is 0 Å². The standard InChI is InChI=1S/C14H19FN2O/c1-14(6-8-17(2)9-7-14)16-13(18)11-4-3-5-12(15)10-11/h3-5,10H,6-9H2,1-2H3,(H,16,18). The highest BCUT2D eigenvalue weighted by atomic mass is 19.1. The van der Waals surface area contributed by atoms with Gasteiger partial charge in [-0.2, -0.15) is 0 Å². The van der Waals surface area contributed by atoms with Gasteiger partial charge in [0.1, 0.15) is 5.82 Å². The third-order valence-electron chi connectivity index (χ3n) is 3.59. The number of hydrogen-bond donors (Lipinski definition) is 1. The van der Waals surface area contributed by atoms with E-state index in [9.17, 15) is 9.18 Å². The topological polar surface area (TPSA) is 32.3 Å². The summed E-state index contributed by atoms with van der Waals surface area (Å²) in [4.78, 5) is 14.3. The van der Waals surface area contributed by atoms with Crippen molar-refractivity contribution in [2.24, 2.45) is 0 Å². The summed E-state index contributed by atoms with van der Waals surface area (Å²) in [5, 5.41) is 3.03. The first-order chi connectivity index (χ1) is 8.48. The lowest BCUT2D eigenvalue weighted by molar-refractivity contribution is 0.0851. The Kier molecular flexibility index (Phi) is 3.66. The number of nitrogens with one attached hydrogen (secondary N) is 1. The van der Waals surface area contributed by atoms with Gasteiger partial charge in [0.05, 0.1) is 0 Å². The maximum atomic E-state index is 13.1. The van der Waals surface area contributed by atoms with Crippen molar-refractivity contribution in [2.45, 2.75) is 25.3 Å². The number of piperidine rings is 1. The Morgan fingerprint density at radius 1 is 1.39 bits per heavy atom. The van der Waals surface area contributed by atoms with E-state index in [0.717, 1.165) is 25.9 Å². The van der Waals surface area contributed by atoms with Crippen LogP contribution in [-0.4, -0.2) is 36.5 Å². The molecule has 1 aromatic rings. The van der Waals surface area contributed by atoms with Crippen LogP contribution in [0.3, 0.4) is 0 Å². The zero-order chi connectivity index (χ0) is 13.2. The number of carbonyl (C=O) groups is 1. The highest BCUT2D eigenvalue weighted by Crippen LogP contribution is 2.21. The van der Waals surface area contributed by atoms with Crippen molar-refractivity contribution in [1.82, 2.24) is 10.2 Å². The maximum Gasteiger partial charge on any atom is 0.251 e. The van der Waals surface area contributed by atoms with Gasteiger partial charge in [0, 0.05) is 24.2 Å². The van der Waals surface area contributed by atoms with E-state index >= 15 is 0 Å². The predicted octanol–water partition coefficient (Wildman–Crippen LogP) is 2.04. The lowest BCUT2D eigenvalue weighted by Crippen LogP contribution is -2.52. The molecule has 0 radical (unpaired) electrons. The SMILES string of the molecule is CN1CCC(C)(NC(=O)c2cccc(F)c2)CC1. The summed E-state index contributed by atoms with van der Waals surface area (Å²) in [5.74, 6) is -0.572. The van der Waals surface area contributed by atoms with Crippen molar-refractivity contribution in [3.63, 3.8) is 0 Å². The molecule has 0 aromatic heterocycles. The Morgan fingerprint density at radius 2 is 2.06 bits per heavy atom. The average Bonchev–Trinajstić information content (AvgIpc) is 2.33. The molecule has 0 bridgehead atoms. The summed E-state index contributed by atoms with van der Waals surface area (Å²) in [7, 11) is 2.08. The van der Waals surface area contributed by atoms with Gasteiger partial charge in [-0.15, -0.1) is 0 Å². The molecule has 0 aliphatic carbocycles. The molecule has 4 heteroatoms. The molecule has 1 aromatic carbocycles. The van der Waals surface area contributed by atoms with Crippen molar-refractivity contribution in [1.29, 1.82) is 0 Å². The lowest BCUT2D eigenvalue weighted by Gasteiger charge is -2.38. The third-order valence-corrected chi connectivity index (χ3v) is 3.59. The predicted molar refractivity (Wildman–Crippen MR) is 69.0 cm³/mol. The number of rotatable bonds is 2. The Hall–Kier alpha value is -1.42. The van der Waals surface area contributed by atoms with Crippen molar-refractivity contribution in [3.05, 3.63) is 35.6 Å². The van der Waals surface area contributed by atoms with Crippen molar-refractivity contribution >= 4 is 5.91 Å². The Bertz CT molecular complexity index is 439. The molecule has 1 heterocycles. The van der Waals surface area contributed by atoms with Gasteiger partial charge < -0.3 is 10.2 Å². The number of nitrogens with zero attached hydrogens (tertiary/aromatic N) is 1. The summed E-state index contributed by atoms with van der Waals surface area (Å²) in [6.45, 7) is 4.00. The van der Waals surface area contributed by atoms with Gasteiger partial charge in [0.15, 0.2) is 0 Å². The highest BCUT2D eigenvalue weighted by Gasteiger charge is 2.30. The van der Waals surface area contributed by atoms with Crippen LogP contribution in [0.25, 0.3) is 0 Å². The van der Waals surface area contributed by atoms with Crippen LogP contribution in [0.5, 0.6) is 0 Å². The van der Waals surface area contributed by atoms with Gasteiger partial charge >= 0.3 is 0 Å². The van der Waals surface area contributed by atoms with Crippen LogP contribution < -0.4 is 5.32 Å².